The van der Waals surface area contributed by atoms with E-state index in [0.717, 1.165) is 6.61 Å². The van der Waals surface area contributed by atoms with Gasteiger partial charge >= 0.3 is 167 Å². The average molecular weight is 555 g/mol. The second kappa shape index (κ2) is 17.9. The Labute approximate surface area is 166 Å². The van der Waals surface area contributed by atoms with Gasteiger partial charge in [0.2, 0.25) is 0 Å². The maximum atomic E-state index is 7.18. The zero-order valence-electron chi connectivity index (χ0n) is 17.4. The molecule has 0 amide bonds. The first kappa shape index (κ1) is 25.5. The summed E-state index contributed by atoms with van der Waals surface area (Å²) in [4.78, 5) is 0. The molecule has 0 aromatic heterocycles. The van der Waals surface area contributed by atoms with Crippen LogP contribution in [0.2, 0.25) is 17.7 Å². The molecular weight excluding hydrogens is 510 g/mol. The van der Waals surface area contributed by atoms with Crippen molar-refractivity contribution >= 4 is 39.4 Å². The van der Waals surface area contributed by atoms with Crippen LogP contribution in [0.25, 0.3) is 0 Å². The Morgan fingerprint density at radius 2 is 1.08 bits per heavy atom. The van der Waals surface area contributed by atoms with Crippen LogP contribution < -0.4 is 0 Å². The molecule has 1 radical (unpaired) electrons. The summed E-state index contributed by atoms with van der Waals surface area (Å²) in [6.07, 6.45) is 13.1. The zero-order valence-corrected chi connectivity index (χ0v) is 23.1. The Morgan fingerprint density at radius 3 is 1.50 bits per heavy atom. The fraction of sp³-hybridized carbons (Fsp3) is 1.00. The Kier molecular flexibility index (Phi) is 19.0. The van der Waals surface area contributed by atoms with Crippen LogP contribution in [-0.2, 0) is 4.49 Å². The number of unbranched alkanes of at least 4 members (excludes halogenated alkanes) is 5. The maximum absolute atomic E-state index is 7.18. The van der Waals surface area contributed by atoms with Crippen LogP contribution in [0.1, 0.15) is 98.8 Å². The van der Waals surface area contributed by atoms with Crippen molar-refractivity contribution in [1.29, 1.82) is 0 Å². The minimum absolute atomic E-state index is 0.970. The molecule has 0 heterocycles. The van der Waals surface area contributed by atoms with Gasteiger partial charge < -0.3 is 0 Å². The van der Waals surface area contributed by atoms with Crippen molar-refractivity contribution in [2.24, 2.45) is 0 Å². The molecule has 0 aromatic rings. The summed E-state index contributed by atoms with van der Waals surface area (Å²) in [5.41, 5.74) is 0. The Bertz CT molecular complexity index is 246. The van der Waals surface area contributed by atoms with Crippen molar-refractivity contribution in [3.05, 3.63) is 0 Å². The van der Waals surface area contributed by atoms with Crippen LogP contribution in [0.3, 0.4) is 0 Å². The van der Waals surface area contributed by atoms with Gasteiger partial charge in [-0.3, -0.25) is 0 Å². The molecule has 0 unspecified atom stereocenters. The molecule has 0 spiro atoms. The standard InChI is InChI=1S/C4H9O.4C4H9.O.2Sn/c1-2-3-4-5;4*1-3-4-2;;;/h2-4H2,1H3;4*1,3-4H2,2H3;;;/q-1;;;;;;;+1. The van der Waals surface area contributed by atoms with E-state index in [2.05, 4.69) is 34.6 Å². The van der Waals surface area contributed by atoms with E-state index in [9.17, 15) is 0 Å². The van der Waals surface area contributed by atoms with Crippen LogP contribution in [0.5, 0.6) is 0 Å². The third kappa shape index (κ3) is 12.8. The van der Waals surface area contributed by atoms with Crippen LogP contribution in [0.4, 0.5) is 0 Å². The monoisotopic (exact) mass is 557 g/mol. The normalized spacial score (nSPS) is 12.2. The summed E-state index contributed by atoms with van der Waals surface area (Å²) in [5.74, 6) is 0. The molecule has 0 rings (SSSR count). The molecule has 0 bridgehead atoms. The zero-order chi connectivity index (χ0) is 18.1. The van der Waals surface area contributed by atoms with Crippen molar-refractivity contribution in [3.8, 4) is 0 Å². The molecule has 2 nitrogen and oxygen atoms in total. The van der Waals surface area contributed by atoms with Gasteiger partial charge in [0.15, 0.2) is 0 Å². The minimum atomic E-state index is -2.83. The molecule has 4 heteroatoms. The average Bonchev–Trinajstić information content (AvgIpc) is 2.60. The molecule has 145 valence electrons. The molecule has 0 fully saturated rings. The van der Waals surface area contributed by atoms with E-state index >= 15 is 0 Å². The summed E-state index contributed by atoms with van der Waals surface area (Å²) in [6, 6.07) is 0. The second-order valence-corrected chi connectivity index (χ2v) is 26.5. The summed E-state index contributed by atoms with van der Waals surface area (Å²) >= 11 is -4.53. The number of hydrogen-bond acceptors (Lipinski definition) is 2. The van der Waals surface area contributed by atoms with Crippen LogP contribution >= 0.6 is 0 Å². The predicted molar refractivity (Wildman–Crippen MR) is 112 cm³/mol. The molecule has 0 aliphatic carbocycles. The summed E-state index contributed by atoms with van der Waals surface area (Å²) in [6.45, 7) is 12.5. The molecule has 24 heavy (non-hydrogen) atoms. The summed E-state index contributed by atoms with van der Waals surface area (Å²) in [5, 5.41) is 0. The van der Waals surface area contributed by atoms with Crippen LogP contribution in [0.15, 0.2) is 0 Å². The van der Waals surface area contributed by atoms with E-state index in [4.69, 9.17) is 4.49 Å². The van der Waals surface area contributed by atoms with Crippen LogP contribution in [-0.4, -0.2) is 46.0 Å². The summed E-state index contributed by atoms with van der Waals surface area (Å²) in [7, 11) is 0. The van der Waals surface area contributed by atoms with Crippen molar-refractivity contribution < 1.29 is 4.49 Å². The van der Waals surface area contributed by atoms with E-state index in [1.54, 1.807) is 0 Å². The topological polar surface area (TPSA) is 18.5 Å². The predicted octanol–water partition coefficient (Wildman–Crippen LogP) is 7.45. The molecule has 0 atom stereocenters. The van der Waals surface area contributed by atoms with E-state index in [0.29, 0.717) is 0 Å². The quantitative estimate of drug-likeness (QED) is 0.129. The van der Waals surface area contributed by atoms with Gasteiger partial charge in [0.25, 0.3) is 0 Å². The van der Waals surface area contributed by atoms with Crippen LogP contribution in [0, 0.1) is 0 Å². The van der Waals surface area contributed by atoms with Gasteiger partial charge in [-0.05, 0) is 0 Å². The van der Waals surface area contributed by atoms with Crippen molar-refractivity contribution in [1.82, 2.24) is 0 Å². The second-order valence-electron chi connectivity index (χ2n) is 7.17. The molecule has 0 N–H and O–H groups in total. The van der Waals surface area contributed by atoms with E-state index < -0.39 is 39.4 Å². The Balaban J connectivity index is 4.99. The first-order valence-electron chi connectivity index (χ1n) is 10.9. The van der Waals surface area contributed by atoms with Crippen molar-refractivity contribution in [2.45, 2.75) is 117 Å². The molecule has 0 saturated heterocycles. The van der Waals surface area contributed by atoms with Gasteiger partial charge in [0.1, 0.15) is 0 Å². The van der Waals surface area contributed by atoms with Gasteiger partial charge in [-0.1, -0.05) is 0 Å². The Hall–Kier alpha value is 1.52. The first-order chi connectivity index (χ1) is 11.7. The van der Waals surface area contributed by atoms with E-state index in [1.807, 2.05) is 0 Å². The Morgan fingerprint density at radius 1 is 0.625 bits per heavy atom. The van der Waals surface area contributed by atoms with Gasteiger partial charge in [-0.15, -0.1) is 0 Å². The summed E-state index contributed by atoms with van der Waals surface area (Å²) < 4.78 is 19.4. The third-order valence-electron chi connectivity index (χ3n) is 4.63. The van der Waals surface area contributed by atoms with E-state index in [-0.39, 0.29) is 0 Å². The molecule has 0 saturated carbocycles. The fourth-order valence-electron chi connectivity index (χ4n) is 2.93. The fourth-order valence-corrected chi connectivity index (χ4v) is 37.9. The molecule has 0 aliphatic heterocycles. The molecule has 0 aromatic carbocycles. The van der Waals surface area contributed by atoms with Crippen molar-refractivity contribution in [3.63, 3.8) is 0 Å². The van der Waals surface area contributed by atoms with Gasteiger partial charge in [-0.25, -0.2) is 0 Å². The van der Waals surface area contributed by atoms with Crippen molar-refractivity contribution in [2.75, 3.05) is 6.61 Å². The van der Waals surface area contributed by atoms with E-state index in [1.165, 1.54) is 82.0 Å². The molecular formula is C20H45O2Sn2. The SMILES string of the molecule is CCCC[O][Sn]([CH2]CCC)([CH2]CCC)[O][Sn]([CH2]CCC)[CH2]CCC. The number of hydrogen-bond donors (Lipinski definition) is 0. The van der Waals surface area contributed by atoms with Gasteiger partial charge in [0.05, 0.1) is 0 Å². The number of rotatable bonds is 18. The van der Waals surface area contributed by atoms with Gasteiger partial charge in [-0.2, -0.15) is 0 Å². The van der Waals surface area contributed by atoms with Gasteiger partial charge in [0, 0.05) is 0 Å². The molecule has 0 aliphatic rings. The third-order valence-corrected chi connectivity index (χ3v) is 32.8. The first-order valence-corrected chi connectivity index (χ1v) is 22.4.